The van der Waals surface area contributed by atoms with Crippen LogP contribution in [0, 0.1) is 6.92 Å². The first kappa shape index (κ1) is 15.0. The van der Waals surface area contributed by atoms with E-state index in [2.05, 4.69) is 17.2 Å². The monoisotopic (exact) mass is 306 g/mol. The van der Waals surface area contributed by atoms with Gasteiger partial charge in [-0.3, -0.25) is 0 Å². The maximum Gasteiger partial charge on any atom is 0.0886 e. The second-order valence-corrected chi connectivity index (χ2v) is 5.49. The van der Waals surface area contributed by atoms with E-state index in [1.165, 1.54) is 0 Å². The van der Waals surface area contributed by atoms with Crippen LogP contribution in [0.3, 0.4) is 0 Å². The first-order valence-electron chi connectivity index (χ1n) is 6.56. The van der Waals surface area contributed by atoms with Gasteiger partial charge in [0.15, 0.2) is 0 Å². The van der Waals surface area contributed by atoms with Crippen LogP contribution in [0.4, 0.5) is 11.4 Å². The molecule has 4 heteroatoms. The van der Waals surface area contributed by atoms with Crippen molar-refractivity contribution in [1.29, 1.82) is 0 Å². The Bertz CT molecular complexity index is 613. The maximum absolute atomic E-state index is 6.23. The van der Waals surface area contributed by atoms with Crippen molar-refractivity contribution in [1.82, 2.24) is 0 Å². The molecule has 0 atom stereocenters. The number of hydrogen-bond donors (Lipinski definition) is 0. The van der Waals surface area contributed by atoms with Gasteiger partial charge in [-0.2, -0.15) is 10.2 Å². The highest BCUT2D eigenvalue weighted by Gasteiger charge is 2.07. The smallest absolute Gasteiger partial charge is 0.0886 e. The standard InChI is InChI=1S/C16H16Cl2N2/c1-3-5-14-15(17)9-13(10-16(14)18)20-19-12-7-4-6-11(2)8-12/h4,6-10H,3,5H2,1-2H3. The Balaban J connectivity index is 2.26. The summed E-state index contributed by atoms with van der Waals surface area (Å²) in [4.78, 5) is 0. The highest BCUT2D eigenvalue weighted by atomic mass is 35.5. The minimum Gasteiger partial charge on any atom is -0.151 e. The second kappa shape index (κ2) is 6.87. The van der Waals surface area contributed by atoms with Gasteiger partial charge in [-0.1, -0.05) is 48.7 Å². The Kier molecular flexibility index (Phi) is 5.16. The summed E-state index contributed by atoms with van der Waals surface area (Å²) in [6.45, 7) is 4.12. The Labute approximate surface area is 129 Å². The van der Waals surface area contributed by atoms with E-state index in [0.717, 1.165) is 29.7 Å². The molecule has 2 rings (SSSR count). The Hall–Kier alpha value is -1.38. The quantitative estimate of drug-likeness (QED) is 0.563. The SMILES string of the molecule is CCCc1c(Cl)cc(N=Nc2cccc(C)c2)cc1Cl. The number of benzene rings is 2. The molecular weight excluding hydrogens is 291 g/mol. The molecule has 0 saturated heterocycles. The Morgan fingerprint density at radius 2 is 1.60 bits per heavy atom. The molecule has 0 bridgehead atoms. The normalized spacial score (nSPS) is 11.2. The zero-order valence-electron chi connectivity index (χ0n) is 11.5. The summed E-state index contributed by atoms with van der Waals surface area (Å²) in [5, 5.41) is 9.70. The molecule has 0 N–H and O–H groups in total. The molecule has 2 nitrogen and oxygen atoms in total. The van der Waals surface area contributed by atoms with E-state index >= 15 is 0 Å². The van der Waals surface area contributed by atoms with Gasteiger partial charge >= 0.3 is 0 Å². The topological polar surface area (TPSA) is 24.7 Å². The summed E-state index contributed by atoms with van der Waals surface area (Å²) in [6, 6.07) is 11.5. The number of hydrogen-bond acceptors (Lipinski definition) is 2. The van der Waals surface area contributed by atoms with E-state index in [4.69, 9.17) is 23.2 Å². The zero-order chi connectivity index (χ0) is 14.5. The number of halogens is 2. The molecule has 0 radical (unpaired) electrons. The molecule has 0 unspecified atom stereocenters. The van der Waals surface area contributed by atoms with Crippen LogP contribution < -0.4 is 0 Å². The predicted molar refractivity (Wildman–Crippen MR) is 85.8 cm³/mol. The average molecular weight is 307 g/mol. The summed E-state index contributed by atoms with van der Waals surface area (Å²) < 4.78 is 0. The average Bonchev–Trinajstić information content (AvgIpc) is 2.41. The maximum atomic E-state index is 6.23. The molecule has 2 aromatic rings. The molecular formula is C16H16Cl2N2. The minimum atomic E-state index is 0.651. The second-order valence-electron chi connectivity index (χ2n) is 4.68. The summed E-state index contributed by atoms with van der Waals surface area (Å²) in [6.07, 6.45) is 1.87. The summed E-state index contributed by atoms with van der Waals surface area (Å²) in [7, 11) is 0. The van der Waals surface area contributed by atoms with Crippen LogP contribution in [0.1, 0.15) is 24.5 Å². The first-order chi connectivity index (χ1) is 9.60. The third kappa shape index (κ3) is 3.81. The third-order valence-electron chi connectivity index (χ3n) is 2.91. The fourth-order valence-corrected chi connectivity index (χ4v) is 2.61. The highest BCUT2D eigenvalue weighted by Crippen LogP contribution is 2.32. The van der Waals surface area contributed by atoms with Gasteiger partial charge in [0.2, 0.25) is 0 Å². The molecule has 0 spiro atoms. The number of nitrogens with zero attached hydrogens (tertiary/aromatic N) is 2. The zero-order valence-corrected chi connectivity index (χ0v) is 13.0. The van der Waals surface area contributed by atoms with Gasteiger partial charge < -0.3 is 0 Å². The lowest BCUT2D eigenvalue weighted by Gasteiger charge is -2.06. The molecule has 0 aromatic heterocycles. The molecule has 0 fully saturated rings. The van der Waals surface area contributed by atoms with Crippen LogP contribution in [0.5, 0.6) is 0 Å². The van der Waals surface area contributed by atoms with Crippen molar-refractivity contribution in [3.63, 3.8) is 0 Å². The Morgan fingerprint density at radius 1 is 0.950 bits per heavy atom. The molecule has 0 aliphatic heterocycles. The summed E-state index contributed by atoms with van der Waals surface area (Å²) >= 11 is 12.5. The lowest BCUT2D eigenvalue weighted by Crippen LogP contribution is -1.86. The molecule has 2 aromatic carbocycles. The van der Waals surface area contributed by atoms with E-state index in [1.54, 1.807) is 12.1 Å². The third-order valence-corrected chi connectivity index (χ3v) is 3.58. The molecule has 0 amide bonds. The predicted octanol–water partition coefficient (Wildman–Crippen LogP) is 6.67. The lowest BCUT2D eigenvalue weighted by atomic mass is 10.1. The molecule has 0 saturated carbocycles. The van der Waals surface area contributed by atoms with Crippen LogP contribution in [-0.4, -0.2) is 0 Å². The fraction of sp³-hybridized carbons (Fsp3) is 0.250. The largest absolute Gasteiger partial charge is 0.151 e. The minimum absolute atomic E-state index is 0.651. The van der Waals surface area contributed by atoms with Gasteiger partial charge in [-0.05, 0) is 48.7 Å². The van der Waals surface area contributed by atoms with Crippen LogP contribution in [0.25, 0.3) is 0 Å². The van der Waals surface area contributed by atoms with Crippen molar-refractivity contribution >= 4 is 34.6 Å². The van der Waals surface area contributed by atoms with Crippen LogP contribution in [0.15, 0.2) is 46.6 Å². The summed E-state index contributed by atoms with van der Waals surface area (Å²) in [5.74, 6) is 0. The fourth-order valence-electron chi connectivity index (χ4n) is 1.94. The molecule has 20 heavy (non-hydrogen) atoms. The van der Waals surface area contributed by atoms with Crippen molar-refractivity contribution in [3.05, 3.63) is 57.6 Å². The lowest BCUT2D eigenvalue weighted by molar-refractivity contribution is 0.922. The number of aryl methyl sites for hydroxylation is 1. The van der Waals surface area contributed by atoms with Gasteiger partial charge in [-0.25, -0.2) is 0 Å². The van der Waals surface area contributed by atoms with Crippen LogP contribution in [0.2, 0.25) is 10.0 Å². The van der Waals surface area contributed by atoms with E-state index < -0.39 is 0 Å². The van der Waals surface area contributed by atoms with Gasteiger partial charge in [0.25, 0.3) is 0 Å². The molecule has 0 aliphatic rings. The van der Waals surface area contributed by atoms with Crippen molar-refractivity contribution in [2.75, 3.05) is 0 Å². The van der Waals surface area contributed by atoms with Crippen LogP contribution in [-0.2, 0) is 6.42 Å². The first-order valence-corrected chi connectivity index (χ1v) is 7.32. The van der Waals surface area contributed by atoms with E-state index in [0.29, 0.717) is 15.7 Å². The van der Waals surface area contributed by atoms with Gasteiger partial charge in [0.1, 0.15) is 0 Å². The van der Waals surface area contributed by atoms with Gasteiger partial charge in [0.05, 0.1) is 11.4 Å². The van der Waals surface area contributed by atoms with Crippen molar-refractivity contribution in [2.45, 2.75) is 26.7 Å². The van der Waals surface area contributed by atoms with Crippen LogP contribution >= 0.6 is 23.2 Å². The van der Waals surface area contributed by atoms with E-state index in [9.17, 15) is 0 Å². The molecule has 0 aliphatic carbocycles. The van der Waals surface area contributed by atoms with E-state index in [-0.39, 0.29) is 0 Å². The highest BCUT2D eigenvalue weighted by molar-refractivity contribution is 6.36. The molecule has 104 valence electrons. The van der Waals surface area contributed by atoms with Crippen molar-refractivity contribution in [3.8, 4) is 0 Å². The Morgan fingerprint density at radius 3 is 2.20 bits per heavy atom. The number of rotatable bonds is 4. The summed E-state index contributed by atoms with van der Waals surface area (Å²) in [5.41, 5.74) is 3.61. The van der Waals surface area contributed by atoms with Gasteiger partial charge in [0, 0.05) is 10.0 Å². The molecule has 0 heterocycles. The van der Waals surface area contributed by atoms with Crippen molar-refractivity contribution in [2.24, 2.45) is 10.2 Å². The number of azo groups is 1. The van der Waals surface area contributed by atoms with Gasteiger partial charge in [-0.15, -0.1) is 0 Å². The van der Waals surface area contributed by atoms with E-state index in [1.807, 2.05) is 31.2 Å². The van der Waals surface area contributed by atoms with Crippen molar-refractivity contribution < 1.29 is 0 Å².